The maximum atomic E-state index is 12.2. The van der Waals surface area contributed by atoms with Gasteiger partial charge in [-0.3, -0.25) is 9.59 Å². The van der Waals surface area contributed by atoms with Gasteiger partial charge in [0.15, 0.2) is 0 Å². The van der Waals surface area contributed by atoms with Crippen molar-refractivity contribution in [1.29, 1.82) is 0 Å². The molecular formula is C18H29N3O3. The second-order valence-electron chi connectivity index (χ2n) is 6.01. The van der Waals surface area contributed by atoms with Crippen molar-refractivity contribution in [1.82, 2.24) is 5.32 Å². The van der Waals surface area contributed by atoms with E-state index in [1.165, 1.54) is 0 Å². The third-order valence-corrected chi connectivity index (χ3v) is 3.63. The number of rotatable bonds is 10. The molecule has 0 aliphatic heterocycles. The van der Waals surface area contributed by atoms with Crippen LogP contribution >= 0.6 is 0 Å². The highest BCUT2D eigenvalue weighted by molar-refractivity contribution is 6.00. The van der Waals surface area contributed by atoms with E-state index in [-0.39, 0.29) is 11.8 Å². The van der Waals surface area contributed by atoms with Crippen molar-refractivity contribution in [2.75, 3.05) is 25.1 Å². The summed E-state index contributed by atoms with van der Waals surface area (Å²) in [5.74, 6) is -0.426. The predicted octanol–water partition coefficient (Wildman–Crippen LogP) is 2.30. The molecule has 2 amide bonds. The molecule has 1 aromatic rings. The summed E-state index contributed by atoms with van der Waals surface area (Å²) in [7, 11) is 0. The Hall–Kier alpha value is -1.92. The van der Waals surface area contributed by atoms with Crippen molar-refractivity contribution in [3.63, 3.8) is 0 Å². The summed E-state index contributed by atoms with van der Waals surface area (Å²) in [5.41, 5.74) is 6.16. The van der Waals surface area contributed by atoms with E-state index in [2.05, 4.69) is 10.6 Å². The molecule has 1 aromatic carbocycles. The molecular weight excluding hydrogens is 306 g/mol. The maximum Gasteiger partial charge on any atom is 0.251 e. The molecule has 1 atom stereocenters. The van der Waals surface area contributed by atoms with Gasteiger partial charge < -0.3 is 21.1 Å². The molecule has 24 heavy (non-hydrogen) atoms. The van der Waals surface area contributed by atoms with Crippen LogP contribution in [0.1, 0.15) is 50.4 Å². The molecule has 0 heterocycles. The van der Waals surface area contributed by atoms with Gasteiger partial charge in [0, 0.05) is 31.0 Å². The van der Waals surface area contributed by atoms with Crippen molar-refractivity contribution < 1.29 is 14.3 Å². The van der Waals surface area contributed by atoms with Crippen molar-refractivity contribution in [3.05, 3.63) is 29.8 Å². The third-order valence-electron chi connectivity index (χ3n) is 3.63. The molecule has 1 rings (SSSR count). The van der Waals surface area contributed by atoms with Gasteiger partial charge in [0.2, 0.25) is 5.91 Å². The zero-order valence-electron chi connectivity index (χ0n) is 14.9. The van der Waals surface area contributed by atoms with Crippen LogP contribution < -0.4 is 16.4 Å². The van der Waals surface area contributed by atoms with E-state index in [0.29, 0.717) is 37.4 Å². The van der Waals surface area contributed by atoms with Gasteiger partial charge in [-0.25, -0.2) is 0 Å². The van der Waals surface area contributed by atoms with Crippen molar-refractivity contribution in [2.45, 2.75) is 45.6 Å². The Balaban J connectivity index is 2.60. The minimum absolute atomic E-state index is 0.174. The molecule has 1 unspecified atom stereocenters. The molecule has 0 aromatic heterocycles. The highest BCUT2D eigenvalue weighted by Gasteiger charge is 2.27. The van der Waals surface area contributed by atoms with Crippen molar-refractivity contribution in [3.8, 4) is 0 Å². The molecule has 0 aliphatic rings. The fourth-order valence-electron chi connectivity index (χ4n) is 2.27. The Bertz CT molecular complexity index is 544. The molecule has 0 spiro atoms. The standard InChI is InChI=1S/C18H29N3O3/c1-4-10-18(3,19)17(23)21-15-9-6-8-14(13-15)16(22)20-11-7-12-24-5-2/h6,8-9,13H,4-5,7,10-12,19H2,1-3H3,(H,20,22)(H,21,23). The Morgan fingerprint density at radius 1 is 1.29 bits per heavy atom. The number of carbonyl (C=O) groups excluding carboxylic acids is 2. The summed E-state index contributed by atoms with van der Waals surface area (Å²) in [6.45, 7) is 7.47. The summed E-state index contributed by atoms with van der Waals surface area (Å²) >= 11 is 0. The van der Waals surface area contributed by atoms with Gasteiger partial charge in [-0.2, -0.15) is 0 Å². The van der Waals surface area contributed by atoms with Crippen LogP contribution in [-0.2, 0) is 9.53 Å². The lowest BCUT2D eigenvalue weighted by Gasteiger charge is -2.23. The van der Waals surface area contributed by atoms with Gasteiger partial charge in [0.25, 0.3) is 5.91 Å². The number of carbonyl (C=O) groups is 2. The number of ether oxygens (including phenoxy) is 1. The van der Waals surface area contributed by atoms with E-state index in [1.807, 2.05) is 13.8 Å². The molecule has 6 heteroatoms. The van der Waals surface area contributed by atoms with Crippen LogP contribution in [0.25, 0.3) is 0 Å². The number of nitrogens with one attached hydrogen (secondary N) is 2. The molecule has 0 saturated carbocycles. The number of benzene rings is 1. The largest absolute Gasteiger partial charge is 0.382 e. The van der Waals surface area contributed by atoms with Crippen molar-refractivity contribution in [2.24, 2.45) is 5.73 Å². The normalized spacial score (nSPS) is 13.2. The van der Waals surface area contributed by atoms with Crippen LogP contribution in [0.4, 0.5) is 5.69 Å². The van der Waals surface area contributed by atoms with Crippen LogP contribution in [0.3, 0.4) is 0 Å². The van der Waals surface area contributed by atoms with Crippen LogP contribution in [-0.4, -0.2) is 37.1 Å². The molecule has 134 valence electrons. The highest BCUT2D eigenvalue weighted by Crippen LogP contribution is 2.15. The van der Waals surface area contributed by atoms with E-state index < -0.39 is 5.54 Å². The number of nitrogens with two attached hydrogens (primary N) is 1. The first-order chi connectivity index (χ1) is 11.4. The first-order valence-electron chi connectivity index (χ1n) is 8.47. The van der Waals surface area contributed by atoms with Gasteiger partial charge in [-0.1, -0.05) is 19.4 Å². The lowest BCUT2D eigenvalue weighted by molar-refractivity contribution is -0.120. The molecule has 0 aliphatic carbocycles. The van der Waals surface area contributed by atoms with E-state index in [0.717, 1.165) is 12.8 Å². The highest BCUT2D eigenvalue weighted by atomic mass is 16.5. The third kappa shape index (κ3) is 6.68. The Morgan fingerprint density at radius 2 is 2.04 bits per heavy atom. The summed E-state index contributed by atoms with van der Waals surface area (Å²) in [5, 5.41) is 5.61. The predicted molar refractivity (Wildman–Crippen MR) is 96.0 cm³/mol. The Labute approximate surface area is 144 Å². The van der Waals surface area contributed by atoms with Crippen molar-refractivity contribution >= 4 is 17.5 Å². The number of anilines is 1. The monoisotopic (exact) mass is 335 g/mol. The quantitative estimate of drug-likeness (QED) is 0.572. The molecule has 0 saturated heterocycles. The average molecular weight is 335 g/mol. The molecule has 0 radical (unpaired) electrons. The van der Waals surface area contributed by atoms with E-state index in [9.17, 15) is 9.59 Å². The maximum absolute atomic E-state index is 12.2. The number of hydrogen-bond donors (Lipinski definition) is 3. The van der Waals surface area contributed by atoms with E-state index >= 15 is 0 Å². The molecule has 6 nitrogen and oxygen atoms in total. The number of hydrogen-bond acceptors (Lipinski definition) is 4. The topological polar surface area (TPSA) is 93.5 Å². The Kier molecular flexibility index (Phi) is 8.43. The summed E-state index contributed by atoms with van der Waals surface area (Å²) in [6, 6.07) is 6.84. The minimum atomic E-state index is -0.924. The molecule has 4 N–H and O–H groups in total. The van der Waals surface area contributed by atoms with Crippen LogP contribution in [0.5, 0.6) is 0 Å². The minimum Gasteiger partial charge on any atom is -0.382 e. The summed E-state index contributed by atoms with van der Waals surface area (Å²) in [6.07, 6.45) is 2.18. The second kappa shape index (κ2) is 10.1. The van der Waals surface area contributed by atoms with Gasteiger partial charge >= 0.3 is 0 Å². The van der Waals surface area contributed by atoms with Gasteiger partial charge in [-0.15, -0.1) is 0 Å². The number of amides is 2. The van der Waals surface area contributed by atoms with Crippen LogP contribution in [0.15, 0.2) is 24.3 Å². The first kappa shape index (κ1) is 20.1. The zero-order chi connectivity index (χ0) is 18.0. The van der Waals surface area contributed by atoms with Crippen LogP contribution in [0.2, 0.25) is 0 Å². The van der Waals surface area contributed by atoms with Gasteiger partial charge in [-0.05, 0) is 44.9 Å². The van der Waals surface area contributed by atoms with E-state index in [4.69, 9.17) is 10.5 Å². The fourth-order valence-corrected chi connectivity index (χ4v) is 2.27. The zero-order valence-corrected chi connectivity index (χ0v) is 14.9. The lowest BCUT2D eigenvalue weighted by Crippen LogP contribution is -2.48. The summed E-state index contributed by atoms with van der Waals surface area (Å²) < 4.78 is 5.22. The lowest BCUT2D eigenvalue weighted by atomic mass is 9.96. The summed E-state index contributed by atoms with van der Waals surface area (Å²) in [4.78, 5) is 24.4. The Morgan fingerprint density at radius 3 is 2.71 bits per heavy atom. The fraction of sp³-hybridized carbons (Fsp3) is 0.556. The SMILES string of the molecule is CCCC(C)(N)C(=O)Nc1cccc(C(=O)NCCCOCC)c1. The molecule has 0 bridgehead atoms. The molecule has 0 fully saturated rings. The smallest absolute Gasteiger partial charge is 0.251 e. The van der Waals surface area contributed by atoms with Gasteiger partial charge in [0.05, 0.1) is 5.54 Å². The average Bonchev–Trinajstić information content (AvgIpc) is 2.54. The first-order valence-corrected chi connectivity index (χ1v) is 8.47. The second-order valence-corrected chi connectivity index (χ2v) is 6.01. The van der Waals surface area contributed by atoms with E-state index in [1.54, 1.807) is 31.2 Å². The van der Waals surface area contributed by atoms with Crippen LogP contribution in [0, 0.1) is 0 Å². The van der Waals surface area contributed by atoms with Gasteiger partial charge in [0.1, 0.15) is 0 Å².